The Kier molecular flexibility index (Phi) is 31.7. The first-order chi connectivity index (χ1) is 47.8. The van der Waals surface area contributed by atoms with Gasteiger partial charge in [0.1, 0.15) is 28.9 Å². The molecule has 12 rings (SSSR count). The quantitative estimate of drug-likeness (QED) is 0.0453. The van der Waals surface area contributed by atoms with Crippen molar-refractivity contribution in [3.8, 4) is 34.5 Å². The molecule has 25 heteroatoms. The number of phenolic OH excluding ortho intramolecular Hbond substituents is 1. The van der Waals surface area contributed by atoms with Crippen LogP contribution in [0, 0.1) is 0 Å². The lowest BCUT2D eigenvalue weighted by Crippen LogP contribution is -3.00. The van der Waals surface area contributed by atoms with Crippen molar-refractivity contribution in [2.45, 2.75) is 83.2 Å². The monoisotopic (exact) mass is 1570 g/mol. The number of anilines is 1. The maximum absolute atomic E-state index is 12.9. The molecule has 554 valence electrons. The second-order valence-electron chi connectivity index (χ2n) is 25.8. The second-order valence-corrected chi connectivity index (χ2v) is 25.8. The van der Waals surface area contributed by atoms with E-state index in [1.54, 1.807) is 51.1 Å². The molecule has 0 bridgehead atoms. The van der Waals surface area contributed by atoms with Gasteiger partial charge in [-0.05, 0) is 119 Å². The Morgan fingerprint density at radius 2 is 1.30 bits per heavy atom. The first kappa shape index (κ1) is 84.7. The van der Waals surface area contributed by atoms with Crippen molar-refractivity contribution in [2.24, 2.45) is 26.9 Å². The molecule has 0 saturated carbocycles. The van der Waals surface area contributed by atoms with Gasteiger partial charge in [0.15, 0.2) is 34.2 Å². The van der Waals surface area contributed by atoms with Crippen LogP contribution in [0.1, 0.15) is 111 Å². The van der Waals surface area contributed by atoms with Gasteiger partial charge in [0.2, 0.25) is 24.4 Å². The van der Waals surface area contributed by atoms with Gasteiger partial charge in [-0.25, -0.2) is 14.6 Å². The van der Waals surface area contributed by atoms with Gasteiger partial charge in [0.25, 0.3) is 5.56 Å². The molecule has 0 saturated heterocycles. The number of quaternary nitrogens is 1. The zero-order valence-corrected chi connectivity index (χ0v) is 64.9. The minimum atomic E-state index is -0.814. The van der Waals surface area contributed by atoms with Gasteiger partial charge in [-0.15, -0.1) is 0 Å². The van der Waals surface area contributed by atoms with Crippen LogP contribution in [0.4, 0.5) is 5.69 Å². The maximum atomic E-state index is 12.9. The minimum Gasteiger partial charge on any atom is -1.00 e. The molecule has 2 aromatic heterocycles. The molecule has 0 fully saturated rings. The van der Waals surface area contributed by atoms with Crippen LogP contribution in [-0.4, -0.2) is 150 Å². The summed E-state index contributed by atoms with van der Waals surface area (Å²) < 4.78 is 44.8. The highest BCUT2D eigenvalue weighted by molar-refractivity contribution is 5.98. The number of nitrogens with zero attached hydrogens (tertiary/aromatic N) is 7. The molecule has 2 atom stereocenters. The fourth-order valence-electron chi connectivity index (χ4n) is 12.8. The third-order valence-corrected chi connectivity index (χ3v) is 18.9. The van der Waals surface area contributed by atoms with E-state index in [-0.39, 0.29) is 99.4 Å². The lowest BCUT2D eigenvalue weighted by molar-refractivity contribution is -0.949. The third-order valence-electron chi connectivity index (χ3n) is 18.9. The minimum absolute atomic E-state index is 0. The average Bonchev–Trinajstić information content (AvgIpc) is 1.67. The number of ether oxygens (including phenoxy) is 7. The lowest BCUT2D eigenvalue weighted by atomic mass is 9.71. The maximum Gasteiger partial charge on any atom is 1.00 e. The molecule has 3 aliphatic rings. The largest absolute Gasteiger partial charge is 1.00 e. The number of aromatic hydroxyl groups is 1. The number of benzene rings is 7. The van der Waals surface area contributed by atoms with E-state index in [1.165, 1.54) is 55.2 Å². The van der Waals surface area contributed by atoms with E-state index in [4.69, 9.17) is 44.0 Å². The predicted octanol–water partition coefficient (Wildman–Crippen LogP) is 1.91. The van der Waals surface area contributed by atoms with Gasteiger partial charge in [-0.2, -0.15) is 0 Å². The number of hydrogen-bond acceptors (Lipinski definition) is 16. The van der Waals surface area contributed by atoms with Crippen molar-refractivity contribution in [1.82, 2.24) is 28.5 Å². The van der Waals surface area contributed by atoms with Crippen LogP contribution in [0.15, 0.2) is 180 Å². The van der Waals surface area contributed by atoms with Crippen LogP contribution in [0.25, 0.3) is 11.2 Å². The van der Waals surface area contributed by atoms with Crippen LogP contribution >= 0.6 is 0 Å². The number of rotatable bonds is 19. The number of hydrogen-bond donors (Lipinski definition) is 3. The van der Waals surface area contributed by atoms with E-state index in [9.17, 15) is 24.0 Å². The van der Waals surface area contributed by atoms with Gasteiger partial charge in [0, 0.05) is 64.4 Å². The van der Waals surface area contributed by atoms with Crippen molar-refractivity contribution in [2.75, 3.05) is 87.9 Å². The summed E-state index contributed by atoms with van der Waals surface area (Å²) >= 11 is 0. The number of amides is 2. The van der Waals surface area contributed by atoms with Crippen molar-refractivity contribution < 1.29 is 109 Å². The van der Waals surface area contributed by atoms with Gasteiger partial charge in [0.05, 0.1) is 66.0 Å². The summed E-state index contributed by atoms with van der Waals surface area (Å²) in [5.41, 5.74) is 13.7. The zero-order valence-electron chi connectivity index (χ0n) is 63.2. The number of esters is 1. The topological polar surface area (TPSA) is 242 Å². The van der Waals surface area contributed by atoms with Gasteiger partial charge < -0.3 is 112 Å². The van der Waals surface area contributed by atoms with E-state index >= 15 is 0 Å². The molecule has 1 unspecified atom stereocenters. The lowest BCUT2D eigenvalue weighted by Gasteiger charge is -2.45. The van der Waals surface area contributed by atoms with E-state index in [2.05, 4.69) is 117 Å². The normalized spacial score (nSPS) is 14.0. The first-order valence-electron chi connectivity index (χ1n) is 33.2. The highest BCUT2D eigenvalue weighted by Crippen LogP contribution is 2.55. The fourth-order valence-corrected chi connectivity index (χ4v) is 12.8. The van der Waals surface area contributed by atoms with Crippen molar-refractivity contribution in [3.05, 3.63) is 235 Å². The highest BCUT2D eigenvalue weighted by Gasteiger charge is 2.47. The van der Waals surface area contributed by atoms with Crippen molar-refractivity contribution in [3.63, 3.8) is 0 Å². The molecular formula is C78H98Cl2IN9O13. The predicted molar refractivity (Wildman–Crippen MR) is 390 cm³/mol. The Labute approximate surface area is 636 Å². The SMILES string of the molecule is CC(=O)Nc1ccc(O)cc1.CC(C)[N+](C)(CCC(C(N)=O)(c1ccccc1)c1ccccc1)C(C)C.CN(C)CCOC(c1ccccc1)c1ccccc1.COc1ccc2c(c1OC)C(=O)OC2[C@H]1c2c(cc3c(c2OC)OCO3)CCN1C.Cn1c(=O)c2c(ncn2C)n(C)c1=O.[Cl-].[Cl-].[H+].[H+].[I-]. The number of carbonyl (C=O) groups excluding carboxylic acids is 3. The Morgan fingerprint density at radius 1 is 0.757 bits per heavy atom. The summed E-state index contributed by atoms with van der Waals surface area (Å²) in [4.78, 5) is 67.8. The van der Waals surface area contributed by atoms with E-state index in [0.29, 0.717) is 69.7 Å². The molecule has 22 nitrogen and oxygen atoms in total. The number of phenols is 1. The summed E-state index contributed by atoms with van der Waals surface area (Å²) in [5.74, 6) is 2.15. The number of imidazole rings is 1. The Balaban J connectivity index is 0.000000350. The van der Waals surface area contributed by atoms with Gasteiger partial charge in [-0.3, -0.25) is 28.4 Å². The molecule has 9 aromatic rings. The van der Waals surface area contributed by atoms with Crippen LogP contribution in [0.5, 0.6) is 34.5 Å². The van der Waals surface area contributed by atoms with E-state index < -0.39 is 17.5 Å². The molecule has 103 heavy (non-hydrogen) atoms. The summed E-state index contributed by atoms with van der Waals surface area (Å²) in [5, 5.41) is 11.5. The van der Waals surface area contributed by atoms with E-state index in [1.807, 2.05) is 92.0 Å². The summed E-state index contributed by atoms with van der Waals surface area (Å²) in [6.45, 7) is 13.9. The van der Waals surface area contributed by atoms with Gasteiger partial charge in [-0.1, -0.05) is 127 Å². The number of nitrogens with one attached hydrogen (secondary N) is 1. The zero-order chi connectivity index (χ0) is 72.6. The summed E-state index contributed by atoms with van der Waals surface area (Å²) in [6.07, 6.45) is 2.52. The number of aryl methyl sites for hydroxylation is 2. The van der Waals surface area contributed by atoms with Crippen molar-refractivity contribution >= 4 is 34.6 Å². The molecule has 4 N–H and O–H groups in total. The summed E-state index contributed by atoms with van der Waals surface area (Å²) in [6, 6.07) is 53.4. The molecule has 0 spiro atoms. The number of fused-ring (bicyclic) bond motifs is 4. The van der Waals surface area contributed by atoms with Crippen LogP contribution < -0.4 is 94.8 Å². The highest BCUT2D eigenvalue weighted by atomic mass is 127. The number of carbonyl (C=O) groups is 3. The second kappa shape index (κ2) is 38.5. The van der Waals surface area contributed by atoms with Crippen LogP contribution in [0.3, 0.4) is 0 Å². The Hall–Kier alpha value is -8.95. The van der Waals surface area contributed by atoms with Crippen LogP contribution in [0.2, 0.25) is 0 Å². The smallest absolute Gasteiger partial charge is 1.00 e. The molecule has 0 aliphatic carbocycles. The number of aromatic nitrogens is 4. The number of likely N-dealkylation sites (N-methyl/N-ethyl adjacent to an activating group) is 2. The number of cyclic esters (lactones) is 1. The van der Waals surface area contributed by atoms with Crippen molar-refractivity contribution in [1.29, 1.82) is 0 Å². The molecule has 5 heterocycles. The number of halogens is 3. The average molecular weight is 1570 g/mol. The third kappa shape index (κ3) is 19.5. The molecule has 3 aliphatic heterocycles. The standard InChI is InChI=1S/C23H32N2O.C22H23NO7.C17H21NO.C8H10N4O2.C8H9NO2.2ClH.HI/c1-18(2)25(5,19(3)4)17-16-23(22(24)26,20-12-8-6-9-13-20)21-14-10-7-11-15-21;1-23-8-7-11-9-14-20(29-10-28-14)21(27-4)15(11)17(23)18-12-5-6-13(25-2)19(26-3)16(12)22(24)30-18;1-18(2)13-14-19-17(15-9-5-3-6-10-15)16-11-7-4-8-12-16;1-10-4-9-6-5(10)7(13)12(3)8(14)11(6)2;1-6(10)9-7-2-4-8(11)5-3-7;;;/h6-15,18-19H,16-17H2,1-5H3,(H-,24,26);5-6,9,17-18H,7-8,10H2,1-4H3;3-12,17H,13-14H2,1-2H3;4H,1-3H3;2-5,11H,1H3,(H,9,10);3*1H/t;17-,18?;;;;;;/m.1....../s1. The van der Waals surface area contributed by atoms with Gasteiger partial charge >= 0.3 is 14.5 Å². The fraction of sp³-hybridized carbons (Fsp3) is 0.359. The molecule has 2 amide bonds. The number of methoxy groups -OCH3 is 3. The Morgan fingerprint density at radius 3 is 1.80 bits per heavy atom. The van der Waals surface area contributed by atoms with Crippen LogP contribution in [-0.2, 0) is 52.0 Å². The molecular weight excluding hydrogens is 1470 g/mol. The molecule has 7 aromatic carbocycles. The first-order valence-corrected chi connectivity index (χ1v) is 33.2. The Bertz CT molecular complexity index is 4280. The summed E-state index contributed by atoms with van der Waals surface area (Å²) in [7, 11) is 17.9. The number of primary amides is 1. The molecule has 0 radical (unpaired) electrons. The van der Waals surface area contributed by atoms with E-state index in [0.717, 1.165) is 69.5 Å². The number of nitrogens with two attached hydrogens (primary N) is 1.